The third kappa shape index (κ3) is 14.5. The number of hydrogen-bond donors (Lipinski definition) is 1. The summed E-state index contributed by atoms with van der Waals surface area (Å²) in [4.78, 5) is 25.9. The molecular formula is C18H36N2O4. The average Bonchev–Trinajstić information content (AvgIpc) is 2.33. The molecule has 6 heteroatoms. The molecule has 0 rings (SSSR count). The number of nitrogens with two attached hydrogens (primary N) is 1. The van der Waals surface area contributed by atoms with Gasteiger partial charge in [0.1, 0.15) is 11.2 Å². The van der Waals surface area contributed by atoms with E-state index in [0.29, 0.717) is 13.1 Å². The van der Waals surface area contributed by atoms with E-state index in [2.05, 4.69) is 0 Å². The van der Waals surface area contributed by atoms with E-state index in [0.717, 1.165) is 25.7 Å². The molecule has 0 spiro atoms. The highest BCUT2D eigenvalue weighted by atomic mass is 16.6. The van der Waals surface area contributed by atoms with Gasteiger partial charge in [0, 0.05) is 0 Å². The number of carbonyl (C=O) groups excluding carboxylic acids is 2. The predicted octanol–water partition coefficient (Wildman–Crippen LogP) is 2.49. The van der Waals surface area contributed by atoms with Crippen molar-refractivity contribution in [3.05, 3.63) is 0 Å². The Kier molecular flexibility index (Phi) is 10.2. The summed E-state index contributed by atoms with van der Waals surface area (Å²) in [6.07, 6.45) is 3.99. The first-order valence-corrected chi connectivity index (χ1v) is 8.79. The lowest BCUT2D eigenvalue weighted by molar-refractivity contribution is -0.159. The molecule has 0 atom stereocenters. The van der Waals surface area contributed by atoms with Crippen molar-refractivity contribution in [3.63, 3.8) is 0 Å². The van der Waals surface area contributed by atoms with Crippen molar-refractivity contribution < 1.29 is 19.1 Å². The maximum absolute atomic E-state index is 12.0. The highest BCUT2D eigenvalue weighted by molar-refractivity contribution is 5.75. The summed E-state index contributed by atoms with van der Waals surface area (Å²) in [5, 5.41) is 0. The highest BCUT2D eigenvalue weighted by Gasteiger charge is 2.23. The second-order valence-electron chi connectivity index (χ2n) is 8.09. The molecule has 0 aliphatic carbocycles. The van der Waals surface area contributed by atoms with Gasteiger partial charge in [-0.15, -0.1) is 0 Å². The first kappa shape index (κ1) is 22.9. The quantitative estimate of drug-likeness (QED) is 0.484. The summed E-state index contributed by atoms with van der Waals surface area (Å²) in [5.41, 5.74) is 4.42. The van der Waals surface area contributed by atoms with Crippen molar-refractivity contribution in [3.8, 4) is 0 Å². The summed E-state index contributed by atoms with van der Waals surface area (Å²) in [6, 6.07) is 0. The smallest absolute Gasteiger partial charge is 0.320 e. The number of ether oxygens (including phenoxy) is 2. The lowest BCUT2D eigenvalue weighted by atomic mass is 10.2. The topological polar surface area (TPSA) is 81.9 Å². The maximum atomic E-state index is 12.0. The summed E-state index contributed by atoms with van der Waals surface area (Å²) in [5.74, 6) is -0.652. The van der Waals surface area contributed by atoms with Gasteiger partial charge in [-0.1, -0.05) is 12.8 Å². The number of carbonyl (C=O) groups is 2. The molecule has 142 valence electrons. The van der Waals surface area contributed by atoms with E-state index in [4.69, 9.17) is 15.2 Å². The first-order chi connectivity index (χ1) is 10.9. The molecule has 24 heavy (non-hydrogen) atoms. The second-order valence-corrected chi connectivity index (χ2v) is 8.09. The van der Waals surface area contributed by atoms with E-state index in [1.54, 1.807) is 4.90 Å². The Balaban J connectivity index is 4.53. The van der Waals surface area contributed by atoms with Gasteiger partial charge in [0.2, 0.25) is 0 Å². The Bertz CT molecular complexity index is 353. The fourth-order valence-corrected chi connectivity index (χ4v) is 2.16. The summed E-state index contributed by atoms with van der Waals surface area (Å²) < 4.78 is 10.7. The van der Waals surface area contributed by atoms with Gasteiger partial charge in [-0.3, -0.25) is 14.5 Å². The van der Waals surface area contributed by atoms with Crippen LogP contribution in [0.5, 0.6) is 0 Å². The van der Waals surface area contributed by atoms with Crippen LogP contribution in [-0.4, -0.2) is 54.2 Å². The third-order valence-corrected chi connectivity index (χ3v) is 2.97. The predicted molar refractivity (Wildman–Crippen MR) is 95.7 cm³/mol. The molecular weight excluding hydrogens is 308 g/mol. The fraction of sp³-hybridized carbons (Fsp3) is 0.889. The minimum atomic E-state index is -0.532. The van der Waals surface area contributed by atoms with Crippen molar-refractivity contribution in [2.75, 3.05) is 26.2 Å². The molecule has 0 amide bonds. The molecule has 0 aromatic carbocycles. The lowest BCUT2D eigenvalue weighted by Gasteiger charge is -2.26. The van der Waals surface area contributed by atoms with Crippen LogP contribution in [0, 0.1) is 0 Å². The number of nitrogens with zero attached hydrogens (tertiary/aromatic N) is 1. The zero-order chi connectivity index (χ0) is 18.8. The van der Waals surface area contributed by atoms with E-state index >= 15 is 0 Å². The SMILES string of the molecule is CC(C)(C)OC(=O)CN(CCCCCCN)CC(=O)OC(C)(C)C. The van der Waals surface area contributed by atoms with Crippen molar-refractivity contribution in [1.29, 1.82) is 0 Å². The van der Waals surface area contributed by atoms with Crippen LogP contribution < -0.4 is 5.73 Å². The number of hydrogen-bond acceptors (Lipinski definition) is 6. The van der Waals surface area contributed by atoms with E-state index in [1.807, 2.05) is 41.5 Å². The molecule has 0 heterocycles. The van der Waals surface area contributed by atoms with Gasteiger partial charge in [0.05, 0.1) is 13.1 Å². The first-order valence-electron chi connectivity index (χ1n) is 8.79. The van der Waals surface area contributed by atoms with Crippen LogP contribution >= 0.6 is 0 Å². The minimum absolute atomic E-state index is 0.0907. The van der Waals surface area contributed by atoms with Crippen LogP contribution in [0.4, 0.5) is 0 Å². The maximum Gasteiger partial charge on any atom is 0.320 e. The summed E-state index contributed by atoms with van der Waals surface area (Å²) in [6.45, 7) is 12.5. The summed E-state index contributed by atoms with van der Waals surface area (Å²) in [7, 11) is 0. The largest absolute Gasteiger partial charge is 0.459 e. The molecule has 0 aliphatic heterocycles. The highest BCUT2D eigenvalue weighted by Crippen LogP contribution is 2.10. The fourth-order valence-electron chi connectivity index (χ4n) is 2.16. The molecule has 0 aromatic rings. The molecule has 2 N–H and O–H groups in total. The Morgan fingerprint density at radius 2 is 1.21 bits per heavy atom. The van der Waals surface area contributed by atoms with Crippen LogP contribution in [0.2, 0.25) is 0 Å². The molecule has 0 aromatic heterocycles. The van der Waals surface area contributed by atoms with E-state index in [1.165, 1.54) is 0 Å². The zero-order valence-electron chi connectivity index (χ0n) is 16.3. The van der Waals surface area contributed by atoms with E-state index in [9.17, 15) is 9.59 Å². The standard InChI is InChI=1S/C18H36N2O4/c1-17(2,3)23-15(21)13-20(12-10-8-7-9-11-19)14-16(22)24-18(4,5)6/h7-14,19H2,1-6H3. The molecule has 0 unspecified atom stereocenters. The van der Waals surface area contributed by atoms with Crippen LogP contribution in [0.1, 0.15) is 67.2 Å². The van der Waals surface area contributed by atoms with Gasteiger partial charge in [0.25, 0.3) is 0 Å². The molecule has 6 nitrogen and oxygen atoms in total. The molecule has 0 saturated heterocycles. The molecule has 0 aliphatic rings. The monoisotopic (exact) mass is 344 g/mol. The molecule has 0 bridgehead atoms. The summed E-state index contributed by atoms with van der Waals surface area (Å²) >= 11 is 0. The Morgan fingerprint density at radius 1 is 0.792 bits per heavy atom. The van der Waals surface area contributed by atoms with Crippen molar-refractivity contribution in [2.24, 2.45) is 5.73 Å². The molecule has 0 fully saturated rings. The van der Waals surface area contributed by atoms with Crippen LogP contribution in [-0.2, 0) is 19.1 Å². The van der Waals surface area contributed by atoms with Gasteiger partial charge >= 0.3 is 11.9 Å². The number of rotatable bonds is 10. The van der Waals surface area contributed by atoms with E-state index < -0.39 is 11.2 Å². The van der Waals surface area contributed by atoms with Gasteiger partial charge in [0.15, 0.2) is 0 Å². The normalized spacial score (nSPS) is 12.3. The molecule has 0 saturated carbocycles. The number of esters is 2. The molecule has 0 radical (unpaired) electrons. The van der Waals surface area contributed by atoms with Crippen molar-refractivity contribution in [2.45, 2.75) is 78.4 Å². The third-order valence-electron chi connectivity index (χ3n) is 2.97. The lowest BCUT2D eigenvalue weighted by Crippen LogP contribution is -2.40. The Hall–Kier alpha value is -1.14. The van der Waals surface area contributed by atoms with Crippen LogP contribution in [0.25, 0.3) is 0 Å². The van der Waals surface area contributed by atoms with E-state index in [-0.39, 0.29) is 25.0 Å². The van der Waals surface area contributed by atoms with Crippen molar-refractivity contribution >= 4 is 11.9 Å². The Labute approximate surface area is 147 Å². The average molecular weight is 344 g/mol. The van der Waals surface area contributed by atoms with Crippen LogP contribution in [0.15, 0.2) is 0 Å². The van der Waals surface area contributed by atoms with Crippen LogP contribution in [0.3, 0.4) is 0 Å². The zero-order valence-corrected chi connectivity index (χ0v) is 16.3. The van der Waals surface area contributed by atoms with Gasteiger partial charge < -0.3 is 15.2 Å². The second kappa shape index (κ2) is 10.7. The Morgan fingerprint density at radius 3 is 1.58 bits per heavy atom. The number of unbranched alkanes of at least 4 members (excludes halogenated alkanes) is 3. The minimum Gasteiger partial charge on any atom is -0.459 e. The van der Waals surface area contributed by atoms with Gasteiger partial charge in [-0.25, -0.2) is 0 Å². The van der Waals surface area contributed by atoms with Crippen molar-refractivity contribution in [1.82, 2.24) is 4.90 Å². The van der Waals surface area contributed by atoms with Gasteiger partial charge in [-0.05, 0) is 67.5 Å². The van der Waals surface area contributed by atoms with Gasteiger partial charge in [-0.2, -0.15) is 0 Å².